The maximum atomic E-state index is 12.2. The zero-order valence-corrected chi connectivity index (χ0v) is 15.4. The first kappa shape index (κ1) is 18.9. The standard InChI is InChI=1S/C18H12Cl2N2O5/c1-9(17(24)22-16-5-3-11(20)8-21-16)26-18(25)15-7-13(23)12-6-10(19)2-4-14(12)27-15/h2-9H,1H3,(H,21,22,24). The lowest BCUT2D eigenvalue weighted by Crippen LogP contribution is -2.30. The Bertz CT molecular complexity index is 1080. The predicted molar refractivity (Wildman–Crippen MR) is 100 cm³/mol. The van der Waals surface area contributed by atoms with E-state index in [2.05, 4.69) is 10.3 Å². The number of benzene rings is 1. The summed E-state index contributed by atoms with van der Waals surface area (Å²) in [5.41, 5.74) is -0.269. The Kier molecular flexibility index (Phi) is 5.43. The molecule has 2 heterocycles. The first-order chi connectivity index (χ1) is 12.8. The van der Waals surface area contributed by atoms with Gasteiger partial charge in [-0.15, -0.1) is 0 Å². The maximum absolute atomic E-state index is 12.2. The minimum atomic E-state index is -1.15. The van der Waals surface area contributed by atoms with Crippen molar-refractivity contribution < 1.29 is 18.7 Å². The van der Waals surface area contributed by atoms with Crippen molar-refractivity contribution in [3.8, 4) is 0 Å². The summed E-state index contributed by atoms with van der Waals surface area (Å²) in [4.78, 5) is 40.4. The molecule has 2 aromatic heterocycles. The molecule has 0 aliphatic heterocycles. The van der Waals surface area contributed by atoms with Crippen LogP contribution < -0.4 is 10.7 Å². The van der Waals surface area contributed by atoms with Gasteiger partial charge in [0, 0.05) is 17.3 Å². The van der Waals surface area contributed by atoms with Crippen molar-refractivity contribution in [2.75, 3.05) is 5.32 Å². The molecule has 1 N–H and O–H groups in total. The van der Waals surface area contributed by atoms with Gasteiger partial charge < -0.3 is 14.5 Å². The molecular weight excluding hydrogens is 395 g/mol. The second kappa shape index (κ2) is 7.77. The van der Waals surface area contributed by atoms with Crippen molar-refractivity contribution in [1.29, 1.82) is 0 Å². The highest BCUT2D eigenvalue weighted by atomic mass is 35.5. The monoisotopic (exact) mass is 406 g/mol. The van der Waals surface area contributed by atoms with E-state index in [1.807, 2.05) is 0 Å². The molecule has 0 saturated heterocycles. The second-order valence-electron chi connectivity index (χ2n) is 5.51. The number of carbonyl (C=O) groups excluding carboxylic acids is 2. The molecule has 1 aromatic carbocycles. The molecule has 0 aliphatic carbocycles. The van der Waals surface area contributed by atoms with Gasteiger partial charge in [0.15, 0.2) is 11.5 Å². The van der Waals surface area contributed by atoms with Crippen LogP contribution in [0.5, 0.6) is 0 Å². The second-order valence-corrected chi connectivity index (χ2v) is 6.39. The van der Waals surface area contributed by atoms with Gasteiger partial charge in [-0.1, -0.05) is 23.2 Å². The number of nitrogens with zero attached hydrogens (tertiary/aromatic N) is 1. The molecule has 1 atom stereocenters. The van der Waals surface area contributed by atoms with Crippen LogP contribution in [0.1, 0.15) is 17.5 Å². The van der Waals surface area contributed by atoms with Crippen molar-refractivity contribution >= 4 is 51.9 Å². The number of fused-ring (bicyclic) bond motifs is 1. The summed E-state index contributed by atoms with van der Waals surface area (Å²) in [6, 6.07) is 8.48. The lowest BCUT2D eigenvalue weighted by molar-refractivity contribution is -0.123. The van der Waals surface area contributed by atoms with E-state index in [1.54, 1.807) is 6.07 Å². The predicted octanol–water partition coefficient (Wildman–Crippen LogP) is 3.68. The Balaban J connectivity index is 1.73. The summed E-state index contributed by atoms with van der Waals surface area (Å²) in [5.74, 6) is -1.62. The van der Waals surface area contributed by atoms with Crippen molar-refractivity contribution in [3.05, 3.63) is 68.6 Å². The van der Waals surface area contributed by atoms with Crippen molar-refractivity contribution in [2.24, 2.45) is 0 Å². The van der Waals surface area contributed by atoms with Gasteiger partial charge in [-0.25, -0.2) is 9.78 Å². The van der Waals surface area contributed by atoms with Crippen molar-refractivity contribution in [3.63, 3.8) is 0 Å². The molecule has 0 radical (unpaired) electrons. The van der Waals surface area contributed by atoms with E-state index >= 15 is 0 Å². The number of hydrogen-bond acceptors (Lipinski definition) is 6. The Hall–Kier alpha value is -2.90. The number of ether oxygens (including phenoxy) is 1. The number of anilines is 1. The Morgan fingerprint density at radius 3 is 2.59 bits per heavy atom. The summed E-state index contributed by atoms with van der Waals surface area (Å²) in [6.07, 6.45) is 0.213. The minimum absolute atomic E-state index is 0.182. The molecule has 0 saturated carbocycles. The Labute approximate surface area is 162 Å². The van der Waals surface area contributed by atoms with Crippen LogP contribution in [0.25, 0.3) is 11.0 Å². The number of pyridine rings is 1. The number of hydrogen-bond donors (Lipinski definition) is 1. The molecule has 3 rings (SSSR count). The van der Waals surface area contributed by atoms with Crippen molar-refractivity contribution in [1.82, 2.24) is 4.98 Å². The number of nitrogens with one attached hydrogen (secondary N) is 1. The molecule has 1 amide bonds. The Morgan fingerprint density at radius 1 is 1.15 bits per heavy atom. The van der Waals surface area contributed by atoms with Crippen LogP contribution in [-0.2, 0) is 9.53 Å². The highest BCUT2D eigenvalue weighted by molar-refractivity contribution is 6.31. The molecule has 27 heavy (non-hydrogen) atoms. The van der Waals surface area contributed by atoms with E-state index in [1.165, 1.54) is 37.4 Å². The van der Waals surface area contributed by atoms with Crippen LogP contribution in [0.2, 0.25) is 10.0 Å². The zero-order valence-electron chi connectivity index (χ0n) is 13.9. The molecule has 0 spiro atoms. The average Bonchev–Trinajstić information content (AvgIpc) is 2.63. The van der Waals surface area contributed by atoms with Crippen LogP contribution in [-0.4, -0.2) is 23.0 Å². The SMILES string of the molecule is CC(OC(=O)c1cc(=O)c2cc(Cl)ccc2o1)C(=O)Nc1ccc(Cl)cn1. The molecule has 0 bridgehead atoms. The molecule has 0 aliphatic rings. The van der Waals surface area contributed by atoms with Crippen LogP contribution in [0.4, 0.5) is 5.82 Å². The number of amides is 1. The largest absolute Gasteiger partial charge is 0.449 e. The van der Waals surface area contributed by atoms with E-state index < -0.39 is 23.4 Å². The number of aromatic nitrogens is 1. The number of halogens is 2. The van der Waals surface area contributed by atoms with Crippen LogP contribution in [0.15, 0.2) is 51.8 Å². The van der Waals surface area contributed by atoms with Gasteiger partial charge in [0.2, 0.25) is 5.76 Å². The molecule has 1 unspecified atom stereocenters. The Morgan fingerprint density at radius 2 is 1.89 bits per heavy atom. The van der Waals surface area contributed by atoms with Gasteiger partial charge in [-0.2, -0.15) is 0 Å². The quantitative estimate of drug-likeness (QED) is 0.663. The first-order valence-electron chi connectivity index (χ1n) is 7.70. The fraction of sp³-hybridized carbons (Fsp3) is 0.111. The number of rotatable bonds is 4. The normalized spacial score (nSPS) is 11.8. The van der Waals surface area contributed by atoms with E-state index in [0.29, 0.717) is 10.0 Å². The summed E-state index contributed by atoms with van der Waals surface area (Å²) in [5, 5.41) is 3.50. The summed E-state index contributed by atoms with van der Waals surface area (Å²) < 4.78 is 10.4. The summed E-state index contributed by atoms with van der Waals surface area (Å²) >= 11 is 11.6. The maximum Gasteiger partial charge on any atom is 0.375 e. The van der Waals surface area contributed by atoms with Gasteiger partial charge in [-0.3, -0.25) is 9.59 Å². The van der Waals surface area contributed by atoms with Crippen molar-refractivity contribution in [2.45, 2.75) is 13.0 Å². The molecule has 138 valence electrons. The van der Waals surface area contributed by atoms with Gasteiger partial charge in [0.25, 0.3) is 5.91 Å². The van der Waals surface area contributed by atoms with E-state index in [4.69, 9.17) is 32.4 Å². The number of carbonyl (C=O) groups is 2. The fourth-order valence-corrected chi connectivity index (χ4v) is 2.46. The smallest absolute Gasteiger partial charge is 0.375 e. The van der Waals surface area contributed by atoms with Crippen LogP contribution in [0.3, 0.4) is 0 Å². The molecule has 0 fully saturated rings. The topological polar surface area (TPSA) is 98.5 Å². The van der Waals surface area contributed by atoms with E-state index in [9.17, 15) is 14.4 Å². The van der Waals surface area contributed by atoms with Gasteiger partial charge in [0.1, 0.15) is 11.4 Å². The minimum Gasteiger partial charge on any atom is -0.449 e. The lowest BCUT2D eigenvalue weighted by Gasteiger charge is -2.13. The summed E-state index contributed by atoms with van der Waals surface area (Å²) in [6.45, 7) is 1.38. The number of esters is 1. The highest BCUT2D eigenvalue weighted by Crippen LogP contribution is 2.18. The molecule has 9 heteroatoms. The molecular formula is C18H12Cl2N2O5. The average molecular weight is 407 g/mol. The third kappa shape index (κ3) is 4.45. The van der Waals surface area contributed by atoms with Gasteiger partial charge >= 0.3 is 5.97 Å². The molecule has 7 nitrogen and oxygen atoms in total. The third-order valence-electron chi connectivity index (χ3n) is 3.52. The lowest BCUT2D eigenvalue weighted by atomic mass is 10.2. The first-order valence-corrected chi connectivity index (χ1v) is 8.46. The highest BCUT2D eigenvalue weighted by Gasteiger charge is 2.22. The third-order valence-corrected chi connectivity index (χ3v) is 3.98. The summed E-state index contributed by atoms with van der Waals surface area (Å²) in [7, 11) is 0. The van der Waals surface area contributed by atoms with Gasteiger partial charge in [-0.05, 0) is 37.3 Å². The van der Waals surface area contributed by atoms with Crippen LogP contribution in [0, 0.1) is 0 Å². The molecule has 3 aromatic rings. The van der Waals surface area contributed by atoms with E-state index in [-0.39, 0.29) is 22.5 Å². The zero-order chi connectivity index (χ0) is 19.6. The van der Waals surface area contributed by atoms with E-state index in [0.717, 1.165) is 6.07 Å². The van der Waals surface area contributed by atoms with Crippen LogP contribution >= 0.6 is 23.2 Å². The van der Waals surface area contributed by atoms with Gasteiger partial charge in [0.05, 0.1) is 10.4 Å². The fourth-order valence-electron chi connectivity index (χ4n) is 2.18.